The van der Waals surface area contributed by atoms with E-state index < -0.39 is 30.3 Å². The SMILES string of the molecule is COC(=O)c1ccc(NC(=O)C(N)CC(=O)O)c(C)c1. The molecule has 1 unspecified atom stereocenters. The van der Waals surface area contributed by atoms with Crippen LogP contribution in [0.2, 0.25) is 0 Å². The predicted octanol–water partition coefficient (Wildman–Crippen LogP) is 0.522. The molecule has 0 saturated carbocycles. The molecule has 20 heavy (non-hydrogen) atoms. The highest BCUT2D eigenvalue weighted by Gasteiger charge is 2.18. The number of aliphatic carboxylic acids is 1. The summed E-state index contributed by atoms with van der Waals surface area (Å²) in [4.78, 5) is 33.5. The van der Waals surface area contributed by atoms with Crippen LogP contribution in [-0.4, -0.2) is 36.1 Å². The lowest BCUT2D eigenvalue weighted by Crippen LogP contribution is -2.37. The van der Waals surface area contributed by atoms with Crippen molar-refractivity contribution in [3.8, 4) is 0 Å². The zero-order valence-electron chi connectivity index (χ0n) is 11.2. The van der Waals surface area contributed by atoms with Crippen LogP contribution in [0.25, 0.3) is 0 Å². The van der Waals surface area contributed by atoms with E-state index in [0.29, 0.717) is 16.8 Å². The van der Waals surface area contributed by atoms with Crippen LogP contribution in [-0.2, 0) is 14.3 Å². The van der Waals surface area contributed by atoms with Crippen LogP contribution in [0.3, 0.4) is 0 Å². The molecule has 1 atom stereocenters. The van der Waals surface area contributed by atoms with E-state index in [9.17, 15) is 14.4 Å². The number of aryl methyl sites for hydroxylation is 1. The molecule has 7 heteroatoms. The number of hydrogen-bond acceptors (Lipinski definition) is 5. The van der Waals surface area contributed by atoms with Gasteiger partial charge >= 0.3 is 11.9 Å². The van der Waals surface area contributed by atoms with E-state index in [2.05, 4.69) is 10.1 Å². The van der Waals surface area contributed by atoms with Crippen molar-refractivity contribution in [3.05, 3.63) is 29.3 Å². The van der Waals surface area contributed by atoms with Crippen molar-refractivity contribution >= 4 is 23.5 Å². The number of nitrogens with two attached hydrogens (primary N) is 1. The van der Waals surface area contributed by atoms with Gasteiger partial charge in [0.1, 0.15) is 0 Å². The van der Waals surface area contributed by atoms with Gasteiger partial charge in [0.05, 0.1) is 25.1 Å². The third-order valence-electron chi connectivity index (χ3n) is 2.64. The maximum absolute atomic E-state index is 11.7. The number of carbonyl (C=O) groups is 3. The molecular formula is C13H16N2O5. The summed E-state index contributed by atoms with van der Waals surface area (Å²) >= 11 is 0. The van der Waals surface area contributed by atoms with Crippen LogP contribution in [0.15, 0.2) is 18.2 Å². The molecule has 0 radical (unpaired) electrons. The van der Waals surface area contributed by atoms with Gasteiger partial charge in [-0.2, -0.15) is 0 Å². The van der Waals surface area contributed by atoms with Crippen LogP contribution in [0.4, 0.5) is 5.69 Å². The summed E-state index contributed by atoms with van der Waals surface area (Å²) in [6, 6.07) is 3.46. The Morgan fingerprint density at radius 1 is 1.40 bits per heavy atom. The number of anilines is 1. The first-order valence-corrected chi connectivity index (χ1v) is 5.82. The number of benzene rings is 1. The molecule has 0 aliphatic heterocycles. The summed E-state index contributed by atoms with van der Waals surface area (Å²) in [6.07, 6.45) is -0.453. The minimum atomic E-state index is -1.15. The molecule has 0 fully saturated rings. The lowest BCUT2D eigenvalue weighted by molar-refractivity contribution is -0.138. The van der Waals surface area contributed by atoms with E-state index in [4.69, 9.17) is 10.8 Å². The number of hydrogen-bond donors (Lipinski definition) is 3. The second kappa shape index (κ2) is 6.67. The van der Waals surface area contributed by atoms with Gasteiger partial charge in [0, 0.05) is 5.69 Å². The minimum Gasteiger partial charge on any atom is -0.481 e. The van der Waals surface area contributed by atoms with Gasteiger partial charge in [0.15, 0.2) is 0 Å². The normalized spacial score (nSPS) is 11.6. The molecule has 4 N–H and O–H groups in total. The Morgan fingerprint density at radius 2 is 2.05 bits per heavy atom. The first-order chi connectivity index (χ1) is 9.35. The average Bonchev–Trinajstić information content (AvgIpc) is 2.39. The van der Waals surface area contributed by atoms with E-state index in [-0.39, 0.29) is 0 Å². The molecule has 7 nitrogen and oxygen atoms in total. The molecule has 108 valence electrons. The van der Waals surface area contributed by atoms with Gasteiger partial charge in [-0.1, -0.05) is 0 Å². The van der Waals surface area contributed by atoms with Crippen molar-refractivity contribution in [2.75, 3.05) is 12.4 Å². The highest BCUT2D eigenvalue weighted by molar-refractivity contribution is 5.98. The zero-order valence-corrected chi connectivity index (χ0v) is 11.2. The Balaban J connectivity index is 2.81. The fourth-order valence-electron chi connectivity index (χ4n) is 1.55. The molecule has 0 aromatic heterocycles. The van der Waals surface area contributed by atoms with Crippen molar-refractivity contribution in [1.29, 1.82) is 0 Å². The molecule has 1 amide bonds. The van der Waals surface area contributed by atoms with E-state index in [1.807, 2.05) is 0 Å². The van der Waals surface area contributed by atoms with E-state index in [0.717, 1.165) is 0 Å². The molecule has 0 bridgehead atoms. The van der Waals surface area contributed by atoms with Gasteiger partial charge in [-0.05, 0) is 30.7 Å². The lowest BCUT2D eigenvalue weighted by atomic mass is 10.1. The maximum Gasteiger partial charge on any atom is 0.337 e. The fourth-order valence-corrected chi connectivity index (χ4v) is 1.55. The van der Waals surface area contributed by atoms with Crippen LogP contribution in [0, 0.1) is 6.92 Å². The lowest BCUT2D eigenvalue weighted by Gasteiger charge is -2.12. The Labute approximate surface area is 115 Å². The zero-order chi connectivity index (χ0) is 15.3. The summed E-state index contributed by atoms with van der Waals surface area (Å²) < 4.78 is 4.58. The molecule has 0 saturated heterocycles. The Kier molecular flexibility index (Phi) is 5.22. The molecule has 1 aromatic rings. The Morgan fingerprint density at radius 3 is 2.55 bits per heavy atom. The second-order valence-electron chi connectivity index (χ2n) is 4.21. The molecule has 0 spiro atoms. The standard InChI is InChI=1S/C13H16N2O5/c1-7-5-8(13(19)20-2)3-4-10(7)15-12(18)9(14)6-11(16)17/h3-5,9H,6,14H2,1-2H3,(H,15,18)(H,16,17). The number of carboxylic acids is 1. The number of carboxylic acid groups (broad SMARTS) is 1. The van der Waals surface area contributed by atoms with Crippen LogP contribution < -0.4 is 11.1 Å². The number of esters is 1. The second-order valence-corrected chi connectivity index (χ2v) is 4.21. The van der Waals surface area contributed by atoms with Gasteiger partial charge in [0.2, 0.25) is 5.91 Å². The van der Waals surface area contributed by atoms with E-state index in [1.54, 1.807) is 13.0 Å². The van der Waals surface area contributed by atoms with Gasteiger partial charge in [-0.15, -0.1) is 0 Å². The number of methoxy groups -OCH3 is 1. The van der Waals surface area contributed by atoms with Crippen LogP contribution in [0.1, 0.15) is 22.3 Å². The average molecular weight is 280 g/mol. The third-order valence-corrected chi connectivity index (χ3v) is 2.64. The molecule has 1 rings (SSSR count). The topological polar surface area (TPSA) is 119 Å². The summed E-state index contributed by atoms with van der Waals surface area (Å²) in [7, 11) is 1.28. The monoisotopic (exact) mass is 280 g/mol. The molecule has 0 aliphatic carbocycles. The van der Waals surface area contributed by atoms with E-state index in [1.165, 1.54) is 19.2 Å². The van der Waals surface area contributed by atoms with E-state index >= 15 is 0 Å². The number of ether oxygens (including phenoxy) is 1. The summed E-state index contributed by atoms with van der Waals surface area (Å²) in [5.41, 5.74) is 6.91. The Bertz CT molecular complexity index is 542. The first kappa shape index (κ1) is 15.6. The van der Waals surface area contributed by atoms with Crippen molar-refractivity contribution < 1.29 is 24.2 Å². The number of nitrogens with one attached hydrogen (secondary N) is 1. The molecule has 0 aliphatic rings. The van der Waals surface area contributed by atoms with Gasteiger partial charge in [-0.3, -0.25) is 9.59 Å². The quantitative estimate of drug-likeness (QED) is 0.677. The largest absolute Gasteiger partial charge is 0.481 e. The van der Waals surface area contributed by atoms with Gasteiger partial charge in [-0.25, -0.2) is 4.79 Å². The number of rotatable bonds is 5. The van der Waals surface area contributed by atoms with Gasteiger partial charge in [0.25, 0.3) is 0 Å². The third kappa shape index (κ3) is 4.06. The van der Waals surface area contributed by atoms with Crippen molar-refractivity contribution in [2.24, 2.45) is 5.73 Å². The predicted molar refractivity (Wildman–Crippen MR) is 71.4 cm³/mol. The first-order valence-electron chi connectivity index (χ1n) is 5.82. The Hall–Kier alpha value is -2.41. The van der Waals surface area contributed by atoms with Crippen molar-refractivity contribution in [3.63, 3.8) is 0 Å². The van der Waals surface area contributed by atoms with Crippen LogP contribution >= 0.6 is 0 Å². The number of amides is 1. The van der Waals surface area contributed by atoms with Crippen molar-refractivity contribution in [2.45, 2.75) is 19.4 Å². The van der Waals surface area contributed by atoms with Crippen molar-refractivity contribution in [1.82, 2.24) is 0 Å². The smallest absolute Gasteiger partial charge is 0.337 e. The minimum absolute atomic E-state index is 0.359. The van der Waals surface area contributed by atoms with Gasteiger partial charge < -0.3 is 20.9 Å². The summed E-state index contributed by atoms with van der Waals surface area (Å²) in [5, 5.41) is 11.1. The van der Waals surface area contributed by atoms with Crippen LogP contribution in [0.5, 0.6) is 0 Å². The highest BCUT2D eigenvalue weighted by Crippen LogP contribution is 2.17. The molecular weight excluding hydrogens is 264 g/mol. The fraction of sp³-hybridized carbons (Fsp3) is 0.308. The molecule has 0 heterocycles. The summed E-state index contributed by atoms with van der Waals surface area (Å²) in [6.45, 7) is 1.70. The number of carbonyl (C=O) groups excluding carboxylic acids is 2. The summed E-state index contributed by atoms with van der Waals surface area (Å²) in [5.74, 6) is -2.22. The molecule has 1 aromatic carbocycles. The highest BCUT2D eigenvalue weighted by atomic mass is 16.5. The maximum atomic E-state index is 11.7.